The third-order valence-electron chi connectivity index (χ3n) is 2.80. The maximum atomic E-state index is 12.7. The highest BCUT2D eigenvalue weighted by atomic mass is 32.2. The molecular weight excluding hydrogens is 368 g/mol. The van der Waals surface area contributed by atoms with Crippen LogP contribution in [0.5, 0.6) is 0 Å². The van der Waals surface area contributed by atoms with E-state index in [0.717, 1.165) is 5.32 Å². The number of rotatable bonds is 5. The highest BCUT2D eigenvalue weighted by Crippen LogP contribution is 2.42. The maximum Gasteiger partial charge on any atom is 0.420 e. The monoisotopic (exact) mass is 379 g/mol. The van der Waals surface area contributed by atoms with E-state index in [1.54, 1.807) is 0 Å². The van der Waals surface area contributed by atoms with Gasteiger partial charge in [0.2, 0.25) is 5.54 Å². The number of urea groups is 1. The summed E-state index contributed by atoms with van der Waals surface area (Å²) in [6.07, 6.45) is -11.5. The minimum Gasteiger partial charge on any atom is -0.316 e. The highest BCUT2D eigenvalue weighted by Gasteiger charge is 2.68. The van der Waals surface area contributed by atoms with Crippen LogP contribution >= 0.6 is 12.0 Å². The second-order valence-corrected chi connectivity index (χ2v) is 5.19. The first kappa shape index (κ1) is 20.3. The molecule has 1 rings (SSSR count). The molecule has 0 aliphatic rings. The smallest absolute Gasteiger partial charge is 0.316 e. The van der Waals surface area contributed by atoms with E-state index in [2.05, 4.69) is 15.2 Å². The fourth-order valence-corrected chi connectivity index (χ4v) is 1.84. The summed E-state index contributed by atoms with van der Waals surface area (Å²) in [7, 11) is 0. The van der Waals surface area contributed by atoms with Crippen LogP contribution in [0.1, 0.15) is 6.92 Å². The quantitative estimate of drug-likeness (QED) is 0.316. The Morgan fingerprint density at radius 1 is 1.12 bits per heavy atom. The molecule has 0 unspecified atom stereocenters. The Labute approximate surface area is 135 Å². The zero-order chi connectivity index (χ0) is 18.6. The third kappa shape index (κ3) is 4.66. The fraction of sp³-hybridized carbons (Fsp3) is 0.364. The van der Waals surface area contributed by atoms with E-state index < -0.39 is 23.9 Å². The van der Waals surface area contributed by atoms with Crippen molar-refractivity contribution >= 4 is 23.8 Å². The number of para-hydroxylation sites is 1. The molecule has 1 aromatic carbocycles. The minimum atomic E-state index is -5.76. The summed E-state index contributed by atoms with van der Waals surface area (Å²) in [5.41, 5.74) is -4.55. The first-order valence-electron chi connectivity index (χ1n) is 5.94. The van der Waals surface area contributed by atoms with Crippen molar-refractivity contribution in [1.82, 2.24) is 5.32 Å². The van der Waals surface area contributed by atoms with E-state index in [-0.39, 0.29) is 17.5 Å². The number of halogens is 6. The molecule has 0 aliphatic heterocycles. The molecule has 0 fully saturated rings. The number of anilines is 1. The van der Waals surface area contributed by atoms with Gasteiger partial charge in [-0.1, -0.05) is 12.1 Å². The summed E-state index contributed by atoms with van der Waals surface area (Å²) in [5, 5.41) is 2.77. The SMILES string of the molecule is CC(NC(=O)Nc1ccccc1SOON)(C(F)(F)F)C(F)(F)F. The van der Waals surface area contributed by atoms with Crippen LogP contribution < -0.4 is 16.5 Å². The molecule has 6 nitrogen and oxygen atoms in total. The predicted octanol–water partition coefficient (Wildman–Crippen LogP) is 3.52. The fourth-order valence-electron chi connectivity index (χ4n) is 1.38. The van der Waals surface area contributed by atoms with Crippen LogP contribution in [0, 0.1) is 0 Å². The number of alkyl halides is 6. The van der Waals surface area contributed by atoms with Gasteiger partial charge in [-0.3, -0.25) is 0 Å². The molecule has 24 heavy (non-hydrogen) atoms. The molecule has 0 heterocycles. The van der Waals surface area contributed by atoms with Gasteiger partial charge in [-0.05, 0) is 19.1 Å². The van der Waals surface area contributed by atoms with Crippen molar-refractivity contribution in [2.24, 2.45) is 5.90 Å². The van der Waals surface area contributed by atoms with Crippen molar-refractivity contribution in [2.75, 3.05) is 5.32 Å². The van der Waals surface area contributed by atoms with Gasteiger partial charge < -0.3 is 10.6 Å². The molecule has 0 atom stereocenters. The van der Waals surface area contributed by atoms with Crippen molar-refractivity contribution < 1.29 is 40.5 Å². The lowest BCUT2D eigenvalue weighted by Crippen LogP contribution is -2.66. The predicted molar refractivity (Wildman–Crippen MR) is 71.3 cm³/mol. The van der Waals surface area contributed by atoms with Crippen molar-refractivity contribution in [3.05, 3.63) is 24.3 Å². The Hall–Kier alpha value is -1.70. The van der Waals surface area contributed by atoms with Crippen LogP contribution in [-0.2, 0) is 9.32 Å². The average molecular weight is 379 g/mol. The van der Waals surface area contributed by atoms with Crippen molar-refractivity contribution in [1.29, 1.82) is 0 Å². The Kier molecular flexibility index (Phi) is 6.32. The maximum absolute atomic E-state index is 12.7. The van der Waals surface area contributed by atoms with Gasteiger partial charge >= 0.3 is 18.4 Å². The number of carbonyl (C=O) groups is 1. The van der Waals surface area contributed by atoms with Crippen molar-refractivity contribution in [3.8, 4) is 0 Å². The molecule has 0 aromatic heterocycles. The number of nitrogens with two attached hydrogens (primary N) is 1. The Bertz CT molecular complexity index is 567. The van der Waals surface area contributed by atoms with Gasteiger partial charge in [0.25, 0.3) is 0 Å². The Morgan fingerprint density at radius 2 is 1.67 bits per heavy atom. The van der Waals surface area contributed by atoms with Crippen LogP contribution in [0.15, 0.2) is 29.2 Å². The van der Waals surface area contributed by atoms with Gasteiger partial charge in [-0.25, -0.2) is 4.79 Å². The Morgan fingerprint density at radius 3 is 2.17 bits per heavy atom. The van der Waals surface area contributed by atoms with Crippen molar-refractivity contribution in [3.63, 3.8) is 0 Å². The molecule has 0 aliphatic carbocycles. The van der Waals surface area contributed by atoms with Gasteiger partial charge in [0.1, 0.15) is 0 Å². The van der Waals surface area contributed by atoms with Gasteiger partial charge in [0.05, 0.1) is 22.6 Å². The van der Waals surface area contributed by atoms with E-state index in [4.69, 9.17) is 0 Å². The molecule has 1 aromatic rings. The van der Waals surface area contributed by atoms with E-state index in [9.17, 15) is 31.1 Å². The van der Waals surface area contributed by atoms with Crippen LogP contribution in [0.2, 0.25) is 0 Å². The molecule has 4 N–H and O–H groups in total. The second-order valence-electron chi connectivity index (χ2n) is 4.44. The van der Waals surface area contributed by atoms with Crippen LogP contribution in [0.25, 0.3) is 0 Å². The lowest BCUT2D eigenvalue weighted by atomic mass is 10.0. The summed E-state index contributed by atoms with van der Waals surface area (Å²) >= 11 is 0.484. The van der Waals surface area contributed by atoms with Gasteiger partial charge in [0.15, 0.2) is 0 Å². The molecule has 2 amide bonds. The molecule has 0 saturated carbocycles. The molecule has 13 heteroatoms. The summed E-state index contributed by atoms with van der Waals surface area (Å²) in [5.74, 6) is 4.61. The number of amides is 2. The topological polar surface area (TPSA) is 85.6 Å². The number of nitrogens with one attached hydrogen (secondary N) is 2. The lowest BCUT2D eigenvalue weighted by molar-refractivity contribution is -0.297. The van der Waals surface area contributed by atoms with Crippen molar-refractivity contribution in [2.45, 2.75) is 29.7 Å². The number of hydrogen-bond acceptors (Lipinski definition) is 5. The van der Waals surface area contributed by atoms with E-state index >= 15 is 0 Å². The largest absolute Gasteiger partial charge is 0.420 e. The van der Waals surface area contributed by atoms with Crippen LogP contribution in [0.4, 0.5) is 36.8 Å². The van der Waals surface area contributed by atoms with Gasteiger partial charge in [0, 0.05) is 0 Å². The average Bonchev–Trinajstić information content (AvgIpc) is 2.43. The second kappa shape index (κ2) is 7.46. The zero-order valence-electron chi connectivity index (χ0n) is 11.8. The first-order valence-corrected chi connectivity index (χ1v) is 6.68. The summed E-state index contributed by atoms with van der Waals surface area (Å²) < 4.78 is 80.7. The van der Waals surface area contributed by atoms with Gasteiger partial charge in [-0.2, -0.15) is 32.2 Å². The minimum absolute atomic E-state index is 0.122. The van der Waals surface area contributed by atoms with Gasteiger partial charge in [-0.15, -0.1) is 9.32 Å². The van der Waals surface area contributed by atoms with Crippen LogP contribution in [-0.4, -0.2) is 23.9 Å². The van der Waals surface area contributed by atoms with Crippen LogP contribution in [0.3, 0.4) is 0 Å². The highest BCUT2D eigenvalue weighted by molar-refractivity contribution is 7.94. The molecule has 0 spiro atoms. The molecule has 0 saturated heterocycles. The third-order valence-corrected chi connectivity index (χ3v) is 3.48. The standard InChI is InChI=1S/C11H11F6N3O3S/c1-9(10(12,13)14,11(15,16)17)20-8(21)19-6-4-2-3-5-7(6)24-23-22-18/h2-5H,18H2,1H3,(H2,19,20,21). The zero-order valence-corrected chi connectivity index (χ0v) is 12.6. The molecule has 136 valence electrons. The normalized spacial score (nSPS) is 12.8. The first-order chi connectivity index (χ1) is 10.9. The lowest BCUT2D eigenvalue weighted by Gasteiger charge is -2.34. The summed E-state index contributed by atoms with van der Waals surface area (Å²) in [4.78, 5) is 15.6. The summed E-state index contributed by atoms with van der Waals surface area (Å²) in [6, 6.07) is 3.72. The number of hydrogen-bond donors (Lipinski definition) is 3. The number of benzene rings is 1. The van der Waals surface area contributed by atoms with E-state index in [1.807, 2.05) is 5.32 Å². The van der Waals surface area contributed by atoms with E-state index in [1.165, 1.54) is 24.3 Å². The number of carbonyl (C=O) groups excluding carboxylic acids is 1. The van der Waals surface area contributed by atoms with E-state index in [0.29, 0.717) is 12.0 Å². The summed E-state index contributed by atoms with van der Waals surface area (Å²) in [6.45, 7) is -0.182. The molecular formula is C11H11F6N3O3S. The Balaban J connectivity index is 2.96. The molecule has 0 radical (unpaired) electrons. The molecule has 0 bridgehead atoms.